The molecule has 1 amide bonds. The average Bonchev–Trinajstić information content (AvgIpc) is 2.85. The number of morpholine rings is 1. The molecule has 1 atom stereocenters. The molecule has 0 aliphatic carbocycles. The molecule has 0 spiro atoms. The number of nitrogens with zero attached hydrogens (tertiary/aromatic N) is 1. The first-order valence-electron chi connectivity index (χ1n) is 11.1. The number of amides is 1. The number of hydrogen-bond acceptors (Lipinski definition) is 5. The van der Waals surface area contributed by atoms with Gasteiger partial charge in [0, 0.05) is 43.5 Å². The highest BCUT2D eigenvalue weighted by molar-refractivity contribution is 5.78. The lowest BCUT2D eigenvalue weighted by Crippen LogP contribution is -2.39. The van der Waals surface area contributed by atoms with E-state index < -0.39 is 0 Å². The first-order valence-corrected chi connectivity index (χ1v) is 11.1. The van der Waals surface area contributed by atoms with Crippen molar-refractivity contribution in [2.75, 3.05) is 26.3 Å². The molecule has 1 aliphatic rings. The van der Waals surface area contributed by atoms with Gasteiger partial charge in [-0.15, -0.1) is 0 Å². The Morgan fingerprint density at radius 1 is 1.06 bits per heavy atom. The fourth-order valence-corrected chi connectivity index (χ4v) is 3.58. The molecule has 6 nitrogen and oxygen atoms in total. The van der Waals surface area contributed by atoms with Crippen molar-refractivity contribution in [1.82, 2.24) is 15.6 Å². The Bertz CT molecular complexity index is 969. The lowest BCUT2D eigenvalue weighted by molar-refractivity contribution is -0.120. The second-order valence-corrected chi connectivity index (χ2v) is 7.84. The smallest absolute Gasteiger partial charge is 0.226 e. The minimum absolute atomic E-state index is 0.0370. The van der Waals surface area contributed by atoms with Gasteiger partial charge in [-0.1, -0.05) is 48.5 Å². The third kappa shape index (κ3) is 6.64. The Kier molecular flexibility index (Phi) is 7.84. The molecule has 3 aromatic rings. The van der Waals surface area contributed by atoms with Crippen LogP contribution in [0.3, 0.4) is 0 Å². The van der Waals surface area contributed by atoms with E-state index in [1.165, 1.54) is 0 Å². The minimum atomic E-state index is -0.0370. The van der Waals surface area contributed by atoms with Crippen LogP contribution in [-0.4, -0.2) is 43.3 Å². The Balaban J connectivity index is 1.23. The summed E-state index contributed by atoms with van der Waals surface area (Å²) >= 11 is 0. The topological polar surface area (TPSA) is 72.5 Å². The van der Waals surface area contributed by atoms with Crippen LogP contribution in [0.1, 0.15) is 17.7 Å². The highest BCUT2D eigenvalue weighted by atomic mass is 16.5. The van der Waals surface area contributed by atoms with E-state index in [-0.39, 0.29) is 18.4 Å². The van der Waals surface area contributed by atoms with Crippen molar-refractivity contribution < 1.29 is 14.3 Å². The predicted octanol–water partition coefficient (Wildman–Crippen LogP) is 3.36. The van der Waals surface area contributed by atoms with Crippen LogP contribution < -0.4 is 15.4 Å². The number of ether oxygens (including phenoxy) is 2. The van der Waals surface area contributed by atoms with Crippen LogP contribution in [0.2, 0.25) is 0 Å². The van der Waals surface area contributed by atoms with E-state index in [0.717, 1.165) is 54.3 Å². The molecular weight excluding hydrogens is 402 g/mol. The number of hydrogen-bond donors (Lipinski definition) is 2. The van der Waals surface area contributed by atoms with E-state index in [2.05, 4.69) is 15.6 Å². The highest BCUT2D eigenvalue weighted by Crippen LogP contribution is 2.22. The summed E-state index contributed by atoms with van der Waals surface area (Å²) in [4.78, 5) is 16.7. The number of benzene rings is 2. The molecule has 32 heavy (non-hydrogen) atoms. The van der Waals surface area contributed by atoms with Crippen molar-refractivity contribution in [2.24, 2.45) is 0 Å². The van der Waals surface area contributed by atoms with E-state index in [9.17, 15) is 4.79 Å². The zero-order chi connectivity index (χ0) is 22.0. The summed E-state index contributed by atoms with van der Waals surface area (Å²) in [5.41, 5.74) is 3.89. The first kappa shape index (κ1) is 22.0. The van der Waals surface area contributed by atoms with Crippen molar-refractivity contribution in [1.29, 1.82) is 0 Å². The number of pyridine rings is 1. The summed E-state index contributed by atoms with van der Waals surface area (Å²) < 4.78 is 11.5. The van der Waals surface area contributed by atoms with Gasteiger partial charge < -0.3 is 20.1 Å². The standard InChI is InChI=1S/C26H29N3O3/c30-26(29-17-20-4-2-1-3-5-20)16-23-9-6-22(18-28-23)21-7-10-24(11-8-21)31-14-12-25-19-27-13-15-32-25/h1-11,18,25,27H,12-17,19H2,(H,29,30). The molecule has 4 rings (SSSR count). The van der Waals surface area contributed by atoms with Crippen LogP contribution in [-0.2, 0) is 22.5 Å². The van der Waals surface area contributed by atoms with E-state index >= 15 is 0 Å². The zero-order valence-electron chi connectivity index (χ0n) is 18.1. The van der Waals surface area contributed by atoms with E-state index in [0.29, 0.717) is 13.2 Å². The summed E-state index contributed by atoms with van der Waals surface area (Å²) in [6.07, 6.45) is 3.18. The van der Waals surface area contributed by atoms with Crippen LogP contribution >= 0.6 is 0 Å². The van der Waals surface area contributed by atoms with Gasteiger partial charge in [0.15, 0.2) is 0 Å². The molecule has 0 saturated carbocycles. The van der Waals surface area contributed by atoms with Gasteiger partial charge in [-0.25, -0.2) is 0 Å². The molecule has 1 fully saturated rings. The molecule has 2 aromatic carbocycles. The van der Waals surface area contributed by atoms with Crippen LogP contribution in [0.15, 0.2) is 72.9 Å². The third-order valence-electron chi connectivity index (χ3n) is 5.40. The lowest BCUT2D eigenvalue weighted by atomic mass is 10.1. The summed E-state index contributed by atoms with van der Waals surface area (Å²) in [6.45, 7) is 3.74. The highest BCUT2D eigenvalue weighted by Gasteiger charge is 2.13. The maximum Gasteiger partial charge on any atom is 0.226 e. The largest absolute Gasteiger partial charge is 0.493 e. The Labute approximate surface area is 189 Å². The fourth-order valence-electron chi connectivity index (χ4n) is 3.58. The number of carbonyl (C=O) groups is 1. The van der Waals surface area contributed by atoms with Crippen LogP contribution in [0.25, 0.3) is 11.1 Å². The molecule has 1 saturated heterocycles. The molecule has 1 unspecified atom stereocenters. The minimum Gasteiger partial charge on any atom is -0.493 e. The monoisotopic (exact) mass is 431 g/mol. The molecule has 166 valence electrons. The van der Waals surface area contributed by atoms with Crippen LogP contribution in [0, 0.1) is 0 Å². The zero-order valence-corrected chi connectivity index (χ0v) is 18.1. The normalized spacial score (nSPS) is 15.8. The van der Waals surface area contributed by atoms with Crippen molar-refractivity contribution in [3.8, 4) is 16.9 Å². The van der Waals surface area contributed by atoms with Gasteiger partial charge in [-0.2, -0.15) is 0 Å². The number of aromatic nitrogens is 1. The van der Waals surface area contributed by atoms with Crippen molar-refractivity contribution >= 4 is 5.91 Å². The second kappa shape index (κ2) is 11.4. The molecule has 1 aliphatic heterocycles. The summed E-state index contributed by atoms with van der Waals surface area (Å²) in [5.74, 6) is 0.808. The van der Waals surface area contributed by atoms with Crippen LogP contribution in [0.5, 0.6) is 5.75 Å². The Morgan fingerprint density at radius 3 is 2.59 bits per heavy atom. The number of carbonyl (C=O) groups excluding carboxylic acids is 1. The van der Waals surface area contributed by atoms with Gasteiger partial charge in [0.25, 0.3) is 0 Å². The lowest BCUT2D eigenvalue weighted by Gasteiger charge is -2.23. The van der Waals surface area contributed by atoms with Gasteiger partial charge >= 0.3 is 0 Å². The van der Waals surface area contributed by atoms with Gasteiger partial charge in [0.1, 0.15) is 5.75 Å². The predicted molar refractivity (Wildman–Crippen MR) is 124 cm³/mol. The molecule has 0 bridgehead atoms. The summed E-state index contributed by atoms with van der Waals surface area (Å²) in [6, 6.07) is 21.8. The van der Waals surface area contributed by atoms with Gasteiger partial charge in [-0.3, -0.25) is 9.78 Å². The van der Waals surface area contributed by atoms with Gasteiger partial charge in [0.05, 0.1) is 25.7 Å². The molecule has 6 heteroatoms. The SMILES string of the molecule is O=C(Cc1ccc(-c2ccc(OCCC3CNCCO3)cc2)cn1)NCc1ccccc1. The quantitative estimate of drug-likeness (QED) is 0.544. The summed E-state index contributed by atoms with van der Waals surface area (Å²) in [5, 5.41) is 6.26. The van der Waals surface area contributed by atoms with E-state index in [4.69, 9.17) is 9.47 Å². The maximum absolute atomic E-state index is 12.2. The number of rotatable bonds is 9. The second-order valence-electron chi connectivity index (χ2n) is 7.84. The van der Waals surface area contributed by atoms with Crippen molar-refractivity contribution in [3.63, 3.8) is 0 Å². The molecule has 1 aromatic heterocycles. The molecular formula is C26H29N3O3. The molecule has 0 radical (unpaired) electrons. The van der Waals surface area contributed by atoms with E-state index in [1.807, 2.05) is 72.9 Å². The maximum atomic E-state index is 12.2. The van der Waals surface area contributed by atoms with E-state index in [1.54, 1.807) is 0 Å². The van der Waals surface area contributed by atoms with Crippen molar-refractivity contribution in [2.45, 2.75) is 25.5 Å². The summed E-state index contributed by atoms with van der Waals surface area (Å²) in [7, 11) is 0. The molecule has 2 heterocycles. The third-order valence-corrected chi connectivity index (χ3v) is 5.40. The van der Waals surface area contributed by atoms with Gasteiger partial charge in [-0.05, 0) is 29.3 Å². The van der Waals surface area contributed by atoms with Gasteiger partial charge in [0.2, 0.25) is 5.91 Å². The average molecular weight is 432 g/mol. The van der Waals surface area contributed by atoms with Crippen LogP contribution in [0.4, 0.5) is 0 Å². The fraction of sp³-hybridized carbons (Fsp3) is 0.308. The van der Waals surface area contributed by atoms with Crippen molar-refractivity contribution in [3.05, 3.63) is 84.2 Å². The number of nitrogens with one attached hydrogen (secondary N) is 2. The first-order chi connectivity index (χ1) is 15.8. The molecule has 2 N–H and O–H groups in total. The Morgan fingerprint density at radius 2 is 1.88 bits per heavy atom. The Hall–Kier alpha value is -3.22.